The third-order valence-electron chi connectivity index (χ3n) is 6.74. The lowest BCUT2D eigenvalue weighted by Gasteiger charge is -2.21. The molecule has 2 aromatic carbocycles. The number of nitrogens with zero attached hydrogens (tertiary/aromatic N) is 3. The number of hydrogen-bond donors (Lipinski definition) is 1. The fraction of sp³-hybridized carbons (Fsp3) is 0.259. The minimum Gasteiger partial charge on any atom is -0.496 e. The van der Waals surface area contributed by atoms with Gasteiger partial charge in [0, 0.05) is 28.8 Å². The molecule has 0 unspecified atom stereocenters. The first-order valence-electron chi connectivity index (χ1n) is 11.7. The lowest BCUT2D eigenvalue weighted by atomic mass is 9.89. The highest BCUT2D eigenvalue weighted by atomic mass is 32.2. The van der Waals surface area contributed by atoms with Crippen molar-refractivity contribution in [3.05, 3.63) is 83.3 Å². The molecule has 1 aliphatic carbocycles. The van der Waals surface area contributed by atoms with E-state index >= 15 is 0 Å². The highest BCUT2D eigenvalue weighted by Crippen LogP contribution is 2.62. The van der Waals surface area contributed by atoms with Crippen molar-refractivity contribution in [1.82, 2.24) is 19.7 Å². The third kappa shape index (κ3) is 4.27. The Hall–Kier alpha value is -4.05. The summed E-state index contributed by atoms with van der Waals surface area (Å²) in [6.07, 6.45) is 1.89. The predicted molar refractivity (Wildman–Crippen MR) is 137 cm³/mol. The highest BCUT2D eigenvalue weighted by Gasteiger charge is 2.64. The van der Waals surface area contributed by atoms with Crippen LogP contribution in [0, 0.1) is 13.8 Å². The number of benzene rings is 2. The maximum absolute atomic E-state index is 14.0. The first kappa shape index (κ1) is 24.6. The van der Waals surface area contributed by atoms with Crippen LogP contribution in [0.15, 0.2) is 65.7 Å². The van der Waals surface area contributed by atoms with Crippen LogP contribution in [0.5, 0.6) is 11.8 Å². The van der Waals surface area contributed by atoms with Gasteiger partial charge in [-0.15, -0.1) is 0 Å². The number of aryl methyl sites for hydroxylation is 2. The molecule has 2 atom stereocenters. The lowest BCUT2D eigenvalue weighted by Crippen LogP contribution is -2.40. The molecule has 4 aromatic rings. The molecule has 2 heterocycles. The zero-order valence-corrected chi connectivity index (χ0v) is 21.7. The SMILES string of the molecule is COc1nccc([C@@H]2C[C@]2(C(=O)NS(=O)(=O)c2cccc3nc(C)ccc23)c2cc(C)ccc2OC)n1. The Morgan fingerprint density at radius 3 is 2.59 bits per heavy atom. The summed E-state index contributed by atoms with van der Waals surface area (Å²) in [6, 6.07) is 15.6. The van der Waals surface area contributed by atoms with Crippen LogP contribution >= 0.6 is 0 Å². The summed E-state index contributed by atoms with van der Waals surface area (Å²) in [6.45, 7) is 3.73. The lowest BCUT2D eigenvalue weighted by molar-refractivity contribution is -0.122. The van der Waals surface area contributed by atoms with Crippen LogP contribution in [0.25, 0.3) is 10.9 Å². The van der Waals surface area contributed by atoms with Gasteiger partial charge in [0.25, 0.3) is 10.0 Å². The number of rotatable bonds is 7. The summed E-state index contributed by atoms with van der Waals surface area (Å²) in [4.78, 5) is 26.9. The van der Waals surface area contributed by atoms with Crippen molar-refractivity contribution < 1.29 is 22.7 Å². The number of sulfonamides is 1. The fourth-order valence-electron chi connectivity index (χ4n) is 4.84. The number of ether oxygens (including phenoxy) is 2. The van der Waals surface area contributed by atoms with Gasteiger partial charge in [-0.25, -0.2) is 18.1 Å². The molecule has 0 radical (unpaired) electrons. The van der Waals surface area contributed by atoms with E-state index in [1.54, 1.807) is 42.6 Å². The molecule has 1 aliphatic rings. The Morgan fingerprint density at radius 2 is 1.84 bits per heavy atom. The molecule has 9 nitrogen and oxygen atoms in total. The molecular weight excluding hydrogens is 492 g/mol. The van der Waals surface area contributed by atoms with Crippen LogP contribution in [0.3, 0.4) is 0 Å². The molecule has 1 amide bonds. The van der Waals surface area contributed by atoms with Gasteiger partial charge in [-0.3, -0.25) is 9.78 Å². The largest absolute Gasteiger partial charge is 0.496 e. The standard InChI is InChI=1S/C27H26N4O5S/c1-16-8-11-23(35-3)19(14-16)27(15-20(27)22-12-13-28-26(30-22)36-4)25(32)31-37(33,34)24-7-5-6-21-18(24)10-9-17(2)29-21/h5-14,20H,15H2,1-4H3,(H,31,32)/t20-,27-/m0/s1. The topological polar surface area (TPSA) is 120 Å². The molecular formula is C27H26N4O5S. The van der Waals surface area contributed by atoms with Gasteiger partial charge >= 0.3 is 6.01 Å². The normalized spacial score (nSPS) is 18.9. The molecule has 0 spiro atoms. The monoisotopic (exact) mass is 518 g/mol. The molecule has 1 fully saturated rings. The second-order valence-corrected chi connectivity index (χ2v) is 10.8. The molecule has 0 aliphatic heterocycles. The average molecular weight is 519 g/mol. The van der Waals surface area contributed by atoms with Gasteiger partial charge in [0.05, 0.1) is 35.7 Å². The van der Waals surface area contributed by atoms with Gasteiger partial charge in [-0.2, -0.15) is 4.98 Å². The molecule has 37 heavy (non-hydrogen) atoms. The van der Waals surface area contributed by atoms with E-state index in [0.717, 1.165) is 11.3 Å². The number of nitrogens with one attached hydrogen (secondary N) is 1. The molecule has 0 bridgehead atoms. The van der Waals surface area contributed by atoms with Crippen LogP contribution in [-0.2, 0) is 20.2 Å². The van der Waals surface area contributed by atoms with Gasteiger partial charge in [-0.1, -0.05) is 23.8 Å². The van der Waals surface area contributed by atoms with E-state index in [0.29, 0.717) is 34.3 Å². The van der Waals surface area contributed by atoms with Gasteiger partial charge in [0.2, 0.25) is 5.91 Å². The van der Waals surface area contributed by atoms with Crippen molar-refractivity contribution in [3.8, 4) is 11.8 Å². The Labute approximate surface area is 214 Å². The Balaban J connectivity index is 1.60. The van der Waals surface area contributed by atoms with Crippen LogP contribution in [0.1, 0.15) is 34.9 Å². The summed E-state index contributed by atoms with van der Waals surface area (Å²) >= 11 is 0. The van der Waals surface area contributed by atoms with Crippen LogP contribution in [-0.4, -0.2) is 43.5 Å². The Morgan fingerprint density at radius 1 is 1.03 bits per heavy atom. The van der Waals surface area contributed by atoms with E-state index in [1.165, 1.54) is 20.3 Å². The number of aromatic nitrogens is 3. The smallest absolute Gasteiger partial charge is 0.316 e. The molecule has 5 rings (SSSR count). The number of hydrogen-bond acceptors (Lipinski definition) is 8. The van der Waals surface area contributed by atoms with E-state index in [1.807, 2.05) is 26.0 Å². The number of carbonyl (C=O) groups is 1. The number of fused-ring (bicyclic) bond motifs is 1. The van der Waals surface area contributed by atoms with E-state index < -0.39 is 27.3 Å². The minimum atomic E-state index is -4.24. The zero-order valence-electron chi connectivity index (χ0n) is 20.8. The average Bonchev–Trinajstić information content (AvgIpc) is 3.65. The van der Waals surface area contributed by atoms with Crippen LogP contribution in [0.4, 0.5) is 0 Å². The number of pyridine rings is 1. The maximum Gasteiger partial charge on any atom is 0.316 e. The van der Waals surface area contributed by atoms with Crippen LogP contribution in [0.2, 0.25) is 0 Å². The molecule has 190 valence electrons. The van der Waals surface area contributed by atoms with Crippen molar-refractivity contribution in [3.63, 3.8) is 0 Å². The molecule has 0 saturated heterocycles. The van der Waals surface area contributed by atoms with E-state index in [9.17, 15) is 13.2 Å². The quantitative estimate of drug-likeness (QED) is 0.394. The van der Waals surface area contributed by atoms with Gasteiger partial charge < -0.3 is 9.47 Å². The molecule has 1 N–H and O–H groups in total. The van der Waals surface area contributed by atoms with Gasteiger partial charge in [0.1, 0.15) is 5.75 Å². The number of carbonyl (C=O) groups excluding carboxylic acids is 1. The minimum absolute atomic E-state index is 0.0156. The summed E-state index contributed by atoms with van der Waals surface area (Å²) in [5.41, 5.74) is 2.16. The highest BCUT2D eigenvalue weighted by molar-refractivity contribution is 7.90. The van der Waals surface area contributed by atoms with Crippen molar-refractivity contribution in [1.29, 1.82) is 0 Å². The summed E-state index contributed by atoms with van der Waals surface area (Å²) < 4.78 is 40.3. The summed E-state index contributed by atoms with van der Waals surface area (Å²) in [5, 5.41) is 0.434. The summed E-state index contributed by atoms with van der Waals surface area (Å²) in [5.74, 6) is -0.574. The van der Waals surface area contributed by atoms with E-state index in [2.05, 4.69) is 19.7 Å². The zero-order chi connectivity index (χ0) is 26.4. The fourth-order valence-corrected chi connectivity index (χ4v) is 6.09. The molecule has 1 saturated carbocycles. The van der Waals surface area contributed by atoms with E-state index in [4.69, 9.17) is 9.47 Å². The van der Waals surface area contributed by atoms with Crippen molar-refractivity contribution in [2.45, 2.75) is 36.5 Å². The Kier molecular flexibility index (Phi) is 6.07. The van der Waals surface area contributed by atoms with Gasteiger partial charge in [0.15, 0.2) is 0 Å². The summed E-state index contributed by atoms with van der Waals surface area (Å²) in [7, 11) is -1.25. The van der Waals surface area contributed by atoms with Crippen LogP contribution < -0.4 is 14.2 Å². The molecule has 2 aromatic heterocycles. The predicted octanol–water partition coefficient (Wildman–Crippen LogP) is 3.59. The number of amides is 1. The first-order valence-corrected chi connectivity index (χ1v) is 13.1. The first-order chi connectivity index (χ1) is 17.7. The van der Waals surface area contributed by atoms with Gasteiger partial charge in [-0.05, 0) is 56.7 Å². The van der Waals surface area contributed by atoms with Crippen molar-refractivity contribution in [2.75, 3.05) is 14.2 Å². The third-order valence-corrected chi connectivity index (χ3v) is 8.13. The van der Waals surface area contributed by atoms with Crippen molar-refractivity contribution in [2.24, 2.45) is 0 Å². The molecule has 10 heteroatoms. The van der Waals surface area contributed by atoms with Crippen molar-refractivity contribution >= 4 is 26.8 Å². The Bertz CT molecular complexity index is 1640. The second-order valence-electron chi connectivity index (χ2n) is 9.11. The van der Waals surface area contributed by atoms with E-state index in [-0.39, 0.29) is 10.9 Å². The maximum atomic E-state index is 14.0. The number of methoxy groups -OCH3 is 2. The second kappa shape index (κ2) is 9.11.